The lowest BCUT2D eigenvalue weighted by molar-refractivity contribution is -0.119. The molecule has 0 aliphatic rings. The van der Waals surface area contributed by atoms with Gasteiger partial charge in [0.2, 0.25) is 0 Å². The number of nitrogens with one attached hydrogen (secondary N) is 1. The minimum Gasteiger partial charge on any atom is -0.484 e. The standard InChI is InChI=1S/C20H26N4O2.HI/c1-3-15-8-6-9-16(4-2)19(15)24-20(22)23-12-14-7-5-10-17(11-14)26-13-18(21)25;/h5-11H,3-4,12-13H2,1-2H3,(H2,21,25)(H3,22,23,24);1H. The number of hydrogen-bond acceptors (Lipinski definition) is 3. The molecule has 5 N–H and O–H groups in total. The van der Waals surface area contributed by atoms with Crippen LogP contribution in [0.1, 0.15) is 30.5 Å². The van der Waals surface area contributed by atoms with Crippen LogP contribution in [0.25, 0.3) is 0 Å². The Bertz CT molecular complexity index is 771. The average molecular weight is 482 g/mol. The zero-order valence-corrected chi connectivity index (χ0v) is 18.0. The molecule has 0 aliphatic carbocycles. The van der Waals surface area contributed by atoms with Crippen LogP contribution < -0.4 is 21.5 Å². The second kappa shape index (κ2) is 11.4. The first-order chi connectivity index (χ1) is 12.5. The number of carbonyl (C=O) groups is 1. The Hall–Kier alpha value is -2.29. The van der Waals surface area contributed by atoms with Gasteiger partial charge in [-0.3, -0.25) is 4.79 Å². The van der Waals surface area contributed by atoms with Crippen molar-refractivity contribution in [3.8, 4) is 5.75 Å². The number of primary amides is 1. The second-order valence-corrected chi connectivity index (χ2v) is 5.89. The number of benzene rings is 2. The summed E-state index contributed by atoms with van der Waals surface area (Å²) in [4.78, 5) is 15.2. The lowest BCUT2D eigenvalue weighted by Crippen LogP contribution is -2.24. The molecular weight excluding hydrogens is 455 g/mol. The number of hydrogen-bond donors (Lipinski definition) is 3. The zero-order chi connectivity index (χ0) is 18.9. The SMILES string of the molecule is CCc1cccc(CC)c1NC(N)=NCc1cccc(OCC(N)=O)c1.I. The lowest BCUT2D eigenvalue weighted by atomic mass is 10.0. The third-order valence-electron chi connectivity index (χ3n) is 3.96. The number of guanidine groups is 1. The Morgan fingerprint density at radius 3 is 2.30 bits per heavy atom. The first-order valence-corrected chi connectivity index (χ1v) is 8.71. The minimum atomic E-state index is -0.511. The fourth-order valence-corrected chi connectivity index (χ4v) is 2.64. The number of ether oxygens (including phenoxy) is 1. The van der Waals surface area contributed by atoms with E-state index in [-0.39, 0.29) is 30.6 Å². The van der Waals surface area contributed by atoms with Gasteiger partial charge >= 0.3 is 0 Å². The molecule has 0 aromatic heterocycles. The van der Waals surface area contributed by atoms with Gasteiger partial charge in [0.25, 0.3) is 5.91 Å². The Morgan fingerprint density at radius 2 is 1.70 bits per heavy atom. The van der Waals surface area contributed by atoms with Gasteiger partial charge in [-0.1, -0.05) is 44.2 Å². The van der Waals surface area contributed by atoms with Crippen LogP contribution in [0.15, 0.2) is 47.5 Å². The Morgan fingerprint density at radius 1 is 1.07 bits per heavy atom. The fraction of sp³-hybridized carbons (Fsp3) is 0.300. The van der Waals surface area contributed by atoms with Crippen LogP contribution in [0.3, 0.4) is 0 Å². The summed E-state index contributed by atoms with van der Waals surface area (Å²) in [6.45, 7) is 4.49. The molecule has 146 valence electrons. The van der Waals surface area contributed by atoms with Gasteiger partial charge in [-0.05, 0) is 41.7 Å². The van der Waals surface area contributed by atoms with Gasteiger partial charge in [-0.2, -0.15) is 0 Å². The van der Waals surface area contributed by atoms with Gasteiger partial charge in [0, 0.05) is 5.69 Å². The molecule has 0 saturated heterocycles. The molecule has 2 aromatic carbocycles. The van der Waals surface area contributed by atoms with Gasteiger partial charge in [-0.15, -0.1) is 24.0 Å². The highest BCUT2D eigenvalue weighted by molar-refractivity contribution is 14.0. The van der Waals surface area contributed by atoms with Crippen LogP contribution in [0, 0.1) is 0 Å². The first-order valence-electron chi connectivity index (χ1n) is 8.71. The van der Waals surface area contributed by atoms with Crippen molar-refractivity contribution < 1.29 is 9.53 Å². The normalized spacial score (nSPS) is 10.8. The minimum absolute atomic E-state index is 0. The molecule has 0 aliphatic heterocycles. The van der Waals surface area contributed by atoms with E-state index in [0.717, 1.165) is 24.1 Å². The van der Waals surface area contributed by atoms with E-state index in [2.05, 4.69) is 42.4 Å². The summed E-state index contributed by atoms with van der Waals surface area (Å²) in [6, 6.07) is 13.6. The van der Waals surface area contributed by atoms with Crippen LogP contribution >= 0.6 is 24.0 Å². The van der Waals surface area contributed by atoms with Crippen LogP contribution in [-0.2, 0) is 24.2 Å². The monoisotopic (exact) mass is 482 g/mol. The fourth-order valence-electron chi connectivity index (χ4n) is 2.64. The van der Waals surface area contributed by atoms with Crippen molar-refractivity contribution in [3.05, 3.63) is 59.2 Å². The molecule has 0 saturated carbocycles. The quantitative estimate of drug-likeness (QED) is 0.306. The van der Waals surface area contributed by atoms with Crippen molar-refractivity contribution in [1.29, 1.82) is 0 Å². The third kappa shape index (κ3) is 7.09. The molecule has 1 amide bonds. The highest BCUT2D eigenvalue weighted by Gasteiger charge is 2.07. The van der Waals surface area contributed by atoms with E-state index in [9.17, 15) is 4.79 Å². The number of aliphatic imine (C=N–C) groups is 1. The number of amides is 1. The Labute approximate surface area is 177 Å². The Kier molecular flexibility index (Phi) is 9.63. The lowest BCUT2D eigenvalue weighted by Gasteiger charge is -2.15. The van der Waals surface area contributed by atoms with Crippen LogP contribution in [0.5, 0.6) is 5.75 Å². The first kappa shape index (κ1) is 22.8. The number of halogens is 1. The molecule has 0 spiro atoms. The molecule has 7 heteroatoms. The van der Waals surface area contributed by atoms with Crippen LogP contribution in [-0.4, -0.2) is 18.5 Å². The van der Waals surface area contributed by atoms with E-state index in [1.54, 1.807) is 6.07 Å². The summed E-state index contributed by atoms with van der Waals surface area (Å²) in [6.07, 6.45) is 1.84. The van der Waals surface area contributed by atoms with E-state index in [1.807, 2.05) is 18.2 Å². The number of aryl methyl sites for hydroxylation is 2. The highest BCUT2D eigenvalue weighted by atomic mass is 127. The Balaban J connectivity index is 0.00000364. The second-order valence-electron chi connectivity index (χ2n) is 5.89. The molecule has 0 fully saturated rings. The topological polar surface area (TPSA) is 103 Å². The van der Waals surface area contributed by atoms with E-state index in [0.29, 0.717) is 18.3 Å². The molecule has 0 heterocycles. The van der Waals surface area contributed by atoms with Gasteiger partial charge in [0.05, 0.1) is 6.54 Å². The van der Waals surface area contributed by atoms with E-state index in [4.69, 9.17) is 16.2 Å². The van der Waals surface area contributed by atoms with Crippen molar-refractivity contribution >= 4 is 41.5 Å². The van der Waals surface area contributed by atoms with E-state index < -0.39 is 5.91 Å². The molecule has 2 aromatic rings. The van der Waals surface area contributed by atoms with Crippen molar-refractivity contribution in [3.63, 3.8) is 0 Å². The molecule has 0 atom stereocenters. The van der Waals surface area contributed by atoms with Gasteiger partial charge in [0.15, 0.2) is 12.6 Å². The van der Waals surface area contributed by atoms with Gasteiger partial charge in [-0.25, -0.2) is 4.99 Å². The predicted molar refractivity (Wildman–Crippen MR) is 121 cm³/mol. The summed E-state index contributed by atoms with van der Waals surface area (Å²) in [5.74, 6) is 0.430. The summed E-state index contributed by atoms with van der Waals surface area (Å²) >= 11 is 0. The van der Waals surface area contributed by atoms with Crippen molar-refractivity contribution in [2.45, 2.75) is 33.2 Å². The van der Waals surface area contributed by atoms with Crippen molar-refractivity contribution in [2.24, 2.45) is 16.5 Å². The summed E-state index contributed by atoms with van der Waals surface area (Å²) in [5.41, 5.74) is 15.6. The molecular formula is C20H27IN4O2. The smallest absolute Gasteiger partial charge is 0.255 e. The highest BCUT2D eigenvalue weighted by Crippen LogP contribution is 2.22. The molecule has 0 bridgehead atoms. The number of nitrogens with zero attached hydrogens (tertiary/aromatic N) is 1. The molecule has 2 rings (SSSR count). The van der Waals surface area contributed by atoms with Crippen molar-refractivity contribution in [2.75, 3.05) is 11.9 Å². The number of carbonyl (C=O) groups excluding carboxylic acids is 1. The average Bonchev–Trinajstić information content (AvgIpc) is 2.65. The number of para-hydroxylation sites is 1. The number of nitrogens with two attached hydrogens (primary N) is 2. The maximum atomic E-state index is 10.8. The molecule has 27 heavy (non-hydrogen) atoms. The predicted octanol–water partition coefficient (Wildman–Crippen LogP) is 3.22. The number of anilines is 1. The molecule has 6 nitrogen and oxygen atoms in total. The van der Waals surface area contributed by atoms with Crippen LogP contribution in [0.2, 0.25) is 0 Å². The number of rotatable bonds is 8. The largest absolute Gasteiger partial charge is 0.484 e. The van der Waals surface area contributed by atoms with Gasteiger partial charge < -0.3 is 21.5 Å². The van der Waals surface area contributed by atoms with Gasteiger partial charge in [0.1, 0.15) is 5.75 Å². The summed E-state index contributed by atoms with van der Waals surface area (Å²) in [5, 5.41) is 3.24. The maximum absolute atomic E-state index is 10.8. The molecule has 0 radical (unpaired) electrons. The zero-order valence-electron chi connectivity index (χ0n) is 15.7. The third-order valence-corrected chi connectivity index (χ3v) is 3.96. The summed E-state index contributed by atoms with van der Waals surface area (Å²) < 4.78 is 5.30. The van der Waals surface area contributed by atoms with Crippen molar-refractivity contribution in [1.82, 2.24) is 0 Å². The van der Waals surface area contributed by atoms with Crippen LogP contribution in [0.4, 0.5) is 5.69 Å². The maximum Gasteiger partial charge on any atom is 0.255 e. The summed E-state index contributed by atoms with van der Waals surface area (Å²) in [7, 11) is 0. The molecule has 0 unspecified atom stereocenters. The van der Waals surface area contributed by atoms with E-state index >= 15 is 0 Å². The van der Waals surface area contributed by atoms with E-state index in [1.165, 1.54) is 11.1 Å².